The lowest BCUT2D eigenvalue weighted by atomic mass is 9.86. The molecule has 1 rings (SSSR count). The van der Waals surface area contributed by atoms with Gasteiger partial charge in [0.25, 0.3) is 0 Å². The number of hydrogen-bond acceptors (Lipinski definition) is 2. The van der Waals surface area contributed by atoms with Gasteiger partial charge in [-0.3, -0.25) is 0 Å². The molecule has 0 bridgehead atoms. The van der Waals surface area contributed by atoms with Crippen molar-refractivity contribution in [3.8, 4) is 0 Å². The van der Waals surface area contributed by atoms with Gasteiger partial charge in [-0.2, -0.15) is 5.10 Å². The van der Waals surface area contributed by atoms with Crippen molar-refractivity contribution in [1.82, 2.24) is 5.43 Å². The number of allylic oxidation sites excluding steroid dienone is 1. The zero-order chi connectivity index (χ0) is 8.48. The molecule has 62 valence electrons. The highest BCUT2D eigenvalue weighted by Crippen LogP contribution is 2.21. The zero-order valence-corrected chi connectivity index (χ0v) is 7.68. The van der Waals surface area contributed by atoms with E-state index in [1.165, 1.54) is 0 Å². The van der Waals surface area contributed by atoms with Gasteiger partial charge in [-0.1, -0.05) is 26.8 Å². The molecule has 1 heterocycles. The molecule has 0 saturated heterocycles. The van der Waals surface area contributed by atoms with Crippen molar-refractivity contribution >= 4 is 5.71 Å². The second kappa shape index (κ2) is 2.68. The number of hydrogen-bond donors (Lipinski definition) is 1. The Morgan fingerprint density at radius 2 is 2.09 bits per heavy atom. The maximum Gasteiger partial charge on any atom is 0.0672 e. The van der Waals surface area contributed by atoms with E-state index < -0.39 is 0 Å². The minimum atomic E-state index is 0.251. The summed E-state index contributed by atoms with van der Waals surface area (Å²) < 4.78 is 0. The quantitative estimate of drug-likeness (QED) is 0.563. The van der Waals surface area contributed by atoms with Crippen LogP contribution < -0.4 is 5.43 Å². The number of hydrazone groups is 1. The molecule has 0 aliphatic carbocycles. The van der Waals surface area contributed by atoms with Crippen LogP contribution >= 0.6 is 0 Å². The van der Waals surface area contributed by atoms with Crippen molar-refractivity contribution in [3.05, 3.63) is 12.2 Å². The van der Waals surface area contributed by atoms with Crippen LogP contribution in [0.4, 0.5) is 0 Å². The maximum absolute atomic E-state index is 4.16. The lowest BCUT2D eigenvalue weighted by Gasteiger charge is -2.29. The van der Waals surface area contributed by atoms with Crippen molar-refractivity contribution in [2.45, 2.75) is 33.7 Å². The van der Waals surface area contributed by atoms with Crippen LogP contribution in [0, 0.1) is 5.41 Å². The highest BCUT2D eigenvalue weighted by Gasteiger charge is 2.22. The van der Waals surface area contributed by atoms with E-state index in [0.29, 0.717) is 6.04 Å². The van der Waals surface area contributed by atoms with Gasteiger partial charge in [0.05, 0.1) is 11.8 Å². The molecule has 0 aromatic carbocycles. The summed E-state index contributed by atoms with van der Waals surface area (Å²) in [7, 11) is 0. The Morgan fingerprint density at radius 3 is 2.45 bits per heavy atom. The van der Waals surface area contributed by atoms with Crippen molar-refractivity contribution < 1.29 is 0 Å². The molecule has 2 heteroatoms. The monoisotopic (exact) mass is 152 g/mol. The fourth-order valence-electron chi connectivity index (χ4n) is 0.969. The average molecular weight is 152 g/mol. The van der Waals surface area contributed by atoms with E-state index in [0.717, 1.165) is 5.71 Å². The molecular weight excluding hydrogens is 136 g/mol. The van der Waals surface area contributed by atoms with Gasteiger partial charge in [0.15, 0.2) is 0 Å². The van der Waals surface area contributed by atoms with E-state index in [9.17, 15) is 0 Å². The maximum atomic E-state index is 4.16. The number of rotatable bonds is 0. The molecule has 0 spiro atoms. The molecule has 1 unspecified atom stereocenters. The Labute approximate surface area is 68.4 Å². The highest BCUT2D eigenvalue weighted by molar-refractivity contribution is 5.93. The molecule has 0 aromatic heterocycles. The van der Waals surface area contributed by atoms with E-state index >= 15 is 0 Å². The molecule has 0 radical (unpaired) electrons. The predicted octanol–water partition coefficient (Wildman–Crippen LogP) is 1.94. The van der Waals surface area contributed by atoms with E-state index in [1.54, 1.807) is 0 Å². The molecular formula is C9H16N2. The summed E-state index contributed by atoms with van der Waals surface area (Å²) in [5.41, 5.74) is 4.41. The lowest BCUT2D eigenvalue weighted by Crippen LogP contribution is -2.37. The third kappa shape index (κ3) is 2.07. The van der Waals surface area contributed by atoms with Crippen LogP contribution in [0.3, 0.4) is 0 Å². The van der Waals surface area contributed by atoms with E-state index in [-0.39, 0.29) is 5.41 Å². The summed E-state index contributed by atoms with van der Waals surface area (Å²) in [6.45, 7) is 8.59. The molecule has 1 N–H and O–H groups in total. The van der Waals surface area contributed by atoms with Gasteiger partial charge >= 0.3 is 0 Å². The van der Waals surface area contributed by atoms with Crippen LogP contribution in [0.2, 0.25) is 0 Å². The van der Waals surface area contributed by atoms with Gasteiger partial charge in [-0.15, -0.1) is 0 Å². The van der Waals surface area contributed by atoms with Gasteiger partial charge in [0, 0.05) is 0 Å². The van der Waals surface area contributed by atoms with Crippen LogP contribution in [0.1, 0.15) is 27.7 Å². The Balaban J connectivity index is 2.63. The highest BCUT2D eigenvalue weighted by atomic mass is 15.3. The Morgan fingerprint density at radius 1 is 1.45 bits per heavy atom. The largest absolute Gasteiger partial charge is 0.302 e. The lowest BCUT2D eigenvalue weighted by molar-refractivity contribution is 0.316. The van der Waals surface area contributed by atoms with E-state index in [4.69, 9.17) is 0 Å². The van der Waals surface area contributed by atoms with Gasteiger partial charge in [0.2, 0.25) is 0 Å². The minimum absolute atomic E-state index is 0.251. The molecule has 0 amide bonds. The number of nitrogens with zero attached hydrogens (tertiary/aromatic N) is 1. The zero-order valence-electron chi connectivity index (χ0n) is 7.68. The van der Waals surface area contributed by atoms with Crippen molar-refractivity contribution in [3.63, 3.8) is 0 Å². The van der Waals surface area contributed by atoms with Gasteiger partial charge in [0.1, 0.15) is 0 Å². The number of nitrogens with one attached hydrogen (secondary N) is 1. The van der Waals surface area contributed by atoms with Crippen molar-refractivity contribution in [2.75, 3.05) is 0 Å². The smallest absolute Gasteiger partial charge is 0.0672 e. The second-order valence-electron chi connectivity index (χ2n) is 4.09. The Bertz CT molecular complexity index is 196. The fraction of sp³-hybridized carbons (Fsp3) is 0.667. The first kappa shape index (κ1) is 8.31. The standard InChI is InChI=1S/C9H16N2/c1-7-5-6-8(11-10-7)9(2,3)4/h5-6,8,11H,1-4H3. The van der Waals surface area contributed by atoms with Crippen LogP contribution in [0.5, 0.6) is 0 Å². The minimum Gasteiger partial charge on any atom is -0.302 e. The van der Waals surface area contributed by atoms with Gasteiger partial charge in [-0.25, -0.2) is 0 Å². The SMILES string of the molecule is CC1=NNC(C(C)(C)C)C=C1. The molecule has 0 saturated carbocycles. The van der Waals surface area contributed by atoms with E-state index in [1.807, 2.05) is 6.92 Å². The molecule has 11 heavy (non-hydrogen) atoms. The third-order valence-electron chi connectivity index (χ3n) is 1.84. The summed E-state index contributed by atoms with van der Waals surface area (Å²) in [4.78, 5) is 0. The molecule has 0 fully saturated rings. The van der Waals surface area contributed by atoms with Crippen LogP contribution in [-0.4, -0.2) is 11.8 Å². The summed E-state index contributed by atoms with van der Waals surface area (Å²) in [5.74, 6) is 0. The molecule has 1 aliphatic heterocycles. The van der Waals surface area contributed by atoms with Crippen molar-refractivity contribution in [2.24, 2.45) is 10.5 Å². The molecule has 0 aromatic rings. The normalized spacial score (nSPS) is 24.4. The molecule has 1 atom stereocenters. The summed E-state index contributed by atoms with van der Waals surface area (Å²) in [5, 5.41) is 4.16. The van der Waals surface area contributed by atoms with E-state index in [2.05, 4.69) is 43.5 Å². The summed E-state index contributed by atoms with van der Waals surface area (Å²) in [6.07, 6.45) is 4.23. The summed E-state index contributed by atoms with van der Waals surface area (Å²) >= 11 is 0. The Hall–Kier alpha value is -0.790. The first-order valence-electron chi connectivity index (χ1n) is 3.98. The second-order valence-corrected chi connectivity index (χ2v) is 4.09. The topological polar surface area (TPSA) is 24.4 Å². The predicted molar refractivity (Wildman–Crippen MR) is 48.6 cm³/mol. The third-order valence-corrected chi connectivity index (χ3v) is 1.84. The first-order chi connectivity index (χ1) is 5.00. The van der Waals surface area contributed by atoms with Crippen molar-refractivity contribution in [1.29, 1.82) is 0 Å². The fourth-order valence-corrected chi connectivity index (χ4v) is 0.969. The van der Waals surface area contributed by atoms with Crippen LogP contribution in [0.25, 0.3) is 0 Å². The molecule has 1 aliphatic rings. The van der Waals surface area contributed by atoms with Gasteiger partial charge < -0.3 is 5.43 Å². The Kier molecular flexibility index (Phi) is 2.03. The van der Waals surface area contributed by atoms with Crippen LogP contribution in [-0.2, 0) is 0 Å². The van der Waals surface area contributed by atoms with Gasteiger partial charge in [-0.05, 0) is 18.4 Å². The van der Waals surface area contributed by atoms with Crippen LogP contribution in [0.15, 0.2) is 17.3 Å². The first-order valence-corrected chi connectivity index (χ1v) is 3.98. The average Bonchev–Trinajstić information content (AvgIpc) is 1.86. The summed E-state index contributed by atoms with van der Waals surface area (Å²) in [6, 6.07) is 0.367. The molecule has 2 nitrogen and oxygen atoms in total.